The second-order valence-corrected chi connectivity index (χ2v) is 4.69. The number of hydrogen-bond donors (Lipinski definition) is 1. The Morgan fingerprint density at radius 3 is 2.61 bits per heavy atom. The van der Waals surface area contributed by atoms with Gasteiger partial charge < -0.3 is 10.0 Å². The molecule has 1 aromatic carbocycles. The van der Waals surface area contributed by atoms with Crippen LogP contribution in [-0.2, 0) is 6.61 Å². The molecule has 0 radical (unpaired) electrons. The Morgan fingerprint density at radius 2 is 2.00 bits per heavy atom. The van der Waals surface area contributed by atoms with Crippen molar-refractivity contribution in [1.82, 2.24) is 4.98 Å². The Kier molecular flexibility index (Phi) is 3.82. The van der Waals surface area contributed by atoms with E-state index in [1.807, 2.05) is 30.3 Å². The first kappa shape index (κ1) is 12.8. The van der Waals surface area contributed by atoms with Crippen molar-refractivity contribution in [2.75, 3.05) is 11.4 Å². The summed E-state index contributed by atoms with van der Waals surface area (Å²) in [5.74, 6) is 0.940. The fourth-order valence-electron chi connectivity index (χ4n) is 2.30. The molecule has 0 fully saturated rings. The van der Waals surface area contributed by atoms with Crippen LogP contribution in [0.2, 0.25) is 0 Å². The number of aromatic nitrogens is 1. The minimum absolute atomic E-state index is 0.0473. The summed E-state index contributed by atoms with van der Waals surface area (Å²) < 4.78 is 0. The van der Waals surface area contributed by atoms with Crippen LogP contribution < -0.4 is 4.90 Å². The van der Waals surface area contributed by atoms with Crippen molar-refractivity contribution >= 4 is 16.7 Å². The van der Waals surface area contributed by atoms with Crippen LogP contribution in [0.5, 0.6) is 0 Å². The maximum Gasteiger partial charge on any atom is 0.129 e. The van der Waals surface area contributed by atoms with Gasteiger partial charge in [0.05, 0.1) is 12.1 Å². The van der Waals surface area contributed by atoms with Crippen LogP contribution in [0.15, 0.2) is 30.3 Å². The number of pyridine rings is 1. The van der Waals surface area contributed by atoms with Crippen LogP contribution in [0.4, 0.5) is 5.82 Å². The SMILES string of the molecule is CCN(c1cc(CO)c2ccccc2n1)C(C)C. The molecule has 0 aliphatic rings. The number of rotatable bonds is 4. The molecule has 0 amide bonds. The van der Waals surface area contributed by atoms with Crippen LogP contribution >= 0.6 is 0 Å². The first-order chi connectivity index (χ1) is 8.67. The van der Waals surface area contributed by atoms with Gasteiger partial charge in [-0.25, -0.2) is 4.98 Å². The van der Waals surface area contributed by atoms with E-state index in [1.54, 1.807) is 0 Å². The quantitative estimate of drug-likeness (QED) is 0.898. The van der Waals surface area contributed by atoms with Crippen LogP contribution in [0.1, 0.15) is 26.3 Å². The molecule has 18 heavy (non-hydrogen) atoms. The first-order valence-electron chi connectivity index (χ1n) is 6.43. The highest BCUT2D eigenvalue weighted by Gasteiger charge is 2.12. The fourth-order valence-corrected chi connectivity index (χ4v) is 2.30. The molecule has 0 aliphatic carbocycles. The summed E-state index contributed by atoms with van der Waals surface area (Å²) in [7, 11) is 0. The van der Waals surface area contributed by atoms with Gasteiger partial charge in [0, 0.05) is 18.0 Å². The number of benzene rings is 1. The van der Waals surface area contributed by atoms with Gasteiger partial charge in [0.1, 0.15) is 5.82 Å². The third-order valence-electron chi connectivity index (χ3n) is 3.22. The molecule has 1 N–H and O–H groups in total. The Hall–Kier alpha value is -1.61. The monoisotopic (exact) mass is 244 g/mol. The predicted molar refractivity (Wildman–Crippen MR) is 75.8 cm³/mol. The minimum atomic E-state index is 0.0473. The second-order valence-electron chi connectivity index (χ2n) is 4.69. The van der Waals surface area contributed by atoms with Gasteiger partial charge in [-0.05, 0) is 38.5 Å². The number of aliphatic hydroxyl groups excluding tert-OH is 1. The average Bonchev–Trinajstić information content (AvgIpc) is 2.38. The fraction of sp³-hybridized carbons (Fsp3) is 0.400. The van der Waals surface area contributed by atoms with E-state index in [0.717, 1.165) is 28.8 Å². The topological polar surface area (TPSA) is 36.4 Å². The highest BCUT2D eigenvalue weighted by atomic mass is 16.3. The summed E-state index contributed by atoms with van der Waals surface area (Å²) in [5.41, 5.74) is 1.88. The molecule has 96 valence electrons. The zero-order chi connectivity index (χ0) is 13.1. The van der Waals surface area contributed by atoms with E-state index in [9.17, 15) is 5.11 Å². The minimum Gasteiger partial charge on any atom is -0.392 e. The van der Waals surface area contributed by atoms with Gasteiger partial charge in [0.25, 0.3) is 0 Å². The molecule has 0 bridgehead atoms. The number of anilines is 1. The maximum absolute atomic E-state index is 9.51. The lowest BCUT2D eigenvalue weighted by Crippen LogP contribution is -2.31. The second kappa shape index (κ2) is 5.36. The third kappa shape index (κ3) is 2.31. The van der Waals surface area contributed by atoms with Crippen molar-refractivity contribution in [2.45, 2.75) is 33.4 Å². The smallest absolute Gasteiger partial charge is 0.129 e. The highest BCUT2D eigenvalue weighted by Crippen LogP contribution is 2.24. The predicted octanol–water partition coefficient (Wildman–Crippen LogP) is 2.96. The van der Waals surface area contributed by atoms with Crippen molar-refractivity contribution in [3.63, 3.8) is 0 Å². The molecule has 2 aromatic rings. The Balaban J connectivity index is 2.59. The molecule has 0 aliphatic heterocycles. The molecule has 0 atom stereocenters. The summed E-state index contributed by atoms with van der Waals surface area (Å²) in [6, 6.07) is 10.3. The number of aliphatic hydroxyl groups is 1. The van der Waals surface area contributed by atoms with E-state index >= 15 is 0 Å². The molecular weight excluding hydrogens is 224 g/mol. The molecule has 0 saturated carbocycles. The normalized spacial score (nSPS) is 11.2. The molecule has 2 rings (SSSR count). The van der Waals surface area contributed by atoms with Gasteiger partial charge in [-0.2, -0.15) is 0 Å². The number of fused-ring (bicyclic) bond motifs is 1. The van der Waals surface area contributed by atoms with Gasteiger partial charge in [0.15, 0.2) is 0 Å². The van der Waals surface area contributed by atoms with Gasteiger partial charge >= 0.3 is 0 Å². The summed E-state index contributed by atoms with van der Waals surface area (Å²) in [6.45, 7) is 7.38. The lowest BCUT2D eigenvalue weighted by molar-refractivity contribution is 0.283. The summed E-state index contributed by atoms with van der Waals surface area (Å²) in [4.78, 5) is 6.92. The number of nitrogens with zero attached hydrogens (tertiary/aromatic N) is 2. The molecule has 3 heteroatoms. The Labute approximate surface area is 108 Å². The summed E-state index contributed by atoms with van der Waals surface area (Å²) in [6.07, 6.45) is 0. The van der Waals surface area contributed by atoms with Gasteiger partial charge in [-0.3, -0.25) is 0 Å². The van der Waals surface area contributed by atoms with E-state index < -0.39 is 0 Å². The molecule has 1 aromatic heterocycles. The summed E-state index contributed by atoms with van der Waals surface area (Å²) >= 11 is 0. The van der Waals surface area contributed by atoms with Crippen LogP contribution in [0.25, 0.3) is 10.9 Å². The molecule has 3 nitrogen and oxygen atoms in total. The van der Waals surface area contributed by atoms with E-state index in [-0.39, 0.29) is 6.61 Å². The Bertz CT molecular complexity index is 537. The van der Waals surface area contributed by atoms with Crippen LogP contribution in [0, 0.1) is 0 Å². The van der Waals surface area contributed by atoms with Gasteiger partial charge in [-0.1, -0.05) is 18.2 Å². The maximum atomic E-state index is 9.51. The van der Waals surface area contributed by atoms with E-state index in [0.29, 0.717) is 6.04 Å². The Morgan fingerprint density at radius 1 is 1.28 bits per heavy atom. The van der Waals surface area contributed by atoms with E-state index in [4.69, 9.17) is 4.98 Å². The van der Waals surface area contributed by atoms with Gasteiger partial charge in [0.2, 0.25) is 0 Å². The molecule has 1 heterocycles. The first-order valence-corrected chi connectivity index (χ1v) is 6.43. The van der Waals surface area contributed by atoms with Crippen molar-refractivity contribution in [1.29, 1.82) is 0 Å². The lowest BCUT2D eigenvalue weighted by atomic mass is 10.1. The molecular formula is C15H20N2O. The van der Waals surface area contributed by atoms with Crippen molar-refractivity contribution in [3.8, 4) is 0 Å². The largest absolute Gasteiger partial charge is 0.392 e. The zero-order valence-electron chi connectivity index (χ0n) is 11.2. The molecule has 0 saturated heterocycles. The van der Waals surface area contributed by atoms with Crippen LogP contribution in [0.3, 0.4) is 0 Å². The molecule has 0 spiro atoms. The van der Waals surface area contributed by atoms with Crippen LogP contribution in [-0.4, -0.2) is 22.7 Å². The highest BCUT2D eigenvalue weighted by molar-refractivity contribution is 5.84. The lowest BCUT2D eigenvalue weighted by Gasteiger charge is -2.27. The number of hydrogen-bond acceptors (Lipinski definition) is 3. The van der Waals surface area contributed by atoms with E-state index in [1.165, 1.54) is 0 Å². The standard InChI is InChI=1S/C15H20N2O/c1-4-17(11(2)3)15-9-12(10-18)13-7-5-6-8-14(13)16-15/h5-9,11,18H,4,10H2,1-3H3. The summed E-state index contributed by atoms with van der Waals surface area (Å²) in [5, 5.41) is 10.5. The van der Waals surface area contributed by atoms with Crippen molar-refractivity contribution in [3.05, 3.63) is 35.9 Å². The van der Waals surface area contributed by atoms with Crippen molar-refractivity contribution < 1.29 is 5.11 Å². The zero-order valence-corrected chi connectivity index (χ0v) is 11.2. The average molecular weight is 244 g/mol. The van der Waals surface area contributed by atoms with Gasteiger partial charge in [-0.15, -0.1) is 0 Å². The van der Waals surface area contributed by atoms with E-state index in [2.05, 4.69) is 25.7 Å². The van der Waals surface area contributed by atoms with Crippen molar-refractivity contribution in [2.24, 2.45) is 0 Å². The molecule has 0 unspecified atom stereocenters. The number of para-hydroxylation sites is 1. The third-order valence-corrected chi connectivity index (χ3v) is 3.22.